The van der Waals surface area contributed by atoms with Gasteiger partial charge in [0.15, 0.2) is 0 Å². The number of aliphatic hydroxyl groups is 1. The first-order chi connectivity index (χ1) is 7.65. The average Bonchev–Trinajstić information content (AvgIpc) is 3.04. The van der Waals surface area contributed by atoms with Gasteiger partial charge in [-0.15, -0.1) is 0 Å². The van der Waals surface area contributed by atoms with Gasteiger partial charge in [0.2, 0.25) is 0 Å². The molecule has 3 nitrogen and oxygen atoms in total. The molecule has 2 atom stereocenters. The highest BCUT2D eigenvalue weighted by Gasteiger charge is 2.61. The van der Waals surface area contributed by atoms with Crippen molar-refractivity contribution in [1.29, 1.82) is 0 Å². The quantitative estimate of drug-likeness (QED) is 0.819. The summed E-state index contributed by atoms with van der Waals surface area (Å²) in [6.45, 7) is -0.00226. The number of carbonyl (C=O) groups excluding carboxylic acids is 1. The SMILES string of the molecule is COC(=O)[C@@]1(c2ccc(Cl)cc2)C[C@H]1CO. The molecule has 86 valence electrons. The van der Waals surface area contributed by atoms with Gasteiger partial charge >= 0.3 is 5.97 Å². The number of aliphatic hydroxyl groups excluding tert-OH is 1. The maximum atomic E-state index is 11.8. The van der Waals surface area contributed by atoms with Crippen molar-refractivity contribution in [3.8, 4) is 0 Å². The van der Waals surface area contributed by atoms with E-state index in [0.29, 0.717) is 11.4 Å². The molecule has 0 amide bonds. The summed E-state index contributed by atoms with van der Waals surface area (Å²) < 4.78 is 4.81. The standard InChI is InChI=1S/C12H13ClO3/c1-16-11(15)12(6-9(12)7-14)8-2-4-10(13)5-3-8/h2-5,9,14H,6-7H2,1H3/t9-,12+/m0/s1. The predicted molar refractivity (Wildman–Crippen MR) is 60.3 cm³/mol. The van der Waals surface area contributed by atoms with Gasteiger partial charge < -0.3 is 9.84 Å². The summed E-state index contributed by atoms with van der Waals surface area (Å²) in [4.78, 5) is 11.8. The highest BCUT2D eigenvalue weighted by molar-refractivity contribution is 6.30. The molecule has 0 aromatic heterocycles. The van der Waals surface area contributed by atoms with Crippen LogP contribution in [0.25, 0.3) is 0 Å². The Balaban J connectivity index is 2.35. The minimum Gasteiger partial charge on any atom is -0.468 e. The van der Waals surface area contributed by atoms with E-state index in [4.69, 9.17) is 21.4 Å². The Bertz CT molecular complexity index is 401. The molecule has 1 aromatic rings. The van der Waals surface area contributed by atoms with E-state index in [1.807, 2.05) is 12.1 Å². The van der Waals surface area contributed by atoms with E-state index in [2.05, 4.69) is 0 Å². The molecular formula is C12H13ClO3. The second-order valence-electron chi connectivity index (χ2n) is 4.05. The Morgan fingerprint density at radius 1 is 1.56 bits per heavy atom. The lowest BCUT2D eigenvalue weighted by atomic mass is 9.93. The number of halogens is 1. The van der Waals surface area contributed by atoms with Crippen LogP contribution in [0.4, 0.5) is 0 Å². The van der Waals surface area contributed by atoms with Crippen LogP contribution in [0.15, 0.2) is 24.3 Å². The third-order valence-electron chi connectivity index (χ3n) is 3.23. The van der Waals surface area contributed by atoms with Gasteiger partial charge in [0.1, 0.15) is 0 Å². The molecule has 0 saturated heterocycles. The van der Waals surface area contributed by atoms with Gasteiger partial charge in [-0.3, -0.25) is 4.79 Å². The first kappa shape index (κ1) is 11.4. The van der Waals surface area contributed by atoms with Gasteiger partial charge in [0.05, 0.1) is 12.5 Å². The van der Waals surface area contributed by atoms with Crippen molar-refractivity contribution in [2.24, 2.45) is 5.92 Å². The molecule has 0 unspecified atom stereocenters. The lowest BCUT2D eigenvalue weighted by molar-refractivity contribution is -0.144. The smallest absolute Gasteiger partial charge is 0.316 e. The topological polar surface area (TPSA) is 46.5 Å². The maximum Gasteiger partial charge on any atom is 0.316 e. The summed E-state index contributed by atoms with van der Waals surface area (Å²) in [6, 6.07) is 7.12. The number of carbonyl (C=O) groups is 1. The minimum atomic E-state index is -0.659. The fourth-order valence-electron chi connectivity index (χ4n) is 2.20. The van der Waals surface area contributed by atoms with E-state index in [0.717, 1.165) is 5.56 Å². The monoisotopic (exact) mass is 240 g/mol. The molecule has 0 bridgehead atoms. The number of esters is 1. The summed E-state index contributed by atoms with van der Waals surface area (Å²) in [6.07, 6.45) is 0.637. The normalized spacial score (nSPS) is 27.6. The molecule has 2 rings (SSSR count). The fourth-order valence-corrected chi connectivity index (χ4v) is 2.33. The van der Waals surface area contributed by atoms with Gasteiger partial charge in [-0.1, -0.05) is 23.7 Å². The molecule has 16 heavy (non-hydrogen) atoms. The van der Waals surface area contributed by atoms with Gasteiger partial charge in [-0.2, -0.15) is 0 Å². The third kappa shape index (κ3) is 1.60. The summed E-state index contributed by atoms with van der Waals surface area (Å²) >= 11 is 5.80. The Morgan fingerprint density at radius 2 is 2.19 bits per heavy atom. The molecular weight excluding hydrogens is 228 g/mol. The van der Waals surface area contributed by atoms with Gasteiger partial charge in [-0.05, 0) is 24.1 Å². The molecule has 0 aliphatic heterocycles. The second-order valence-corrected chi connectivity index (χ2v) is 4.49. The average molecular weight is 241 g/mol. The summed E-state index contributed by atoms with van der Waals surface area (Å²) in [7, 11) is 1.37. The Morgan fingerprint density at radius 3 is 2.62 bits per heavy atom. The zero-order chi connectivity index (χ0) is 11.8. The molecule has 0 heterocycles. The molecule has 1 aromatic carbocycles. The van der Waals surface area contributed by atoms with Crippen molar-refractivity contribution in [1.82, 2.24) is 0 Å². The van der Waals surface area contributed by atoms with Crippen LogP contribution in [0.1, 0.15) is 12.0 Å². The van der Waals surface area contributed by atoms with Crippen LogP contribution in [0, 0.1) is 5.92 Å². The van der Waals surface area contributed by atoms with E-state index in [-0.39, 0.29) is 18.5 Å². The van der Waals surface area contributed by atoms with Crippen molar-refractivity contribution in [3.63, 3.8) is 0 Å². The molecule has 1 fully saturated rings. The fraction of sp³-hybridized carbons (Fsp3) is 0.417. The van der Waals surface area contributed by atoms with E-state index in [9.17, 15) is 4.79 Å². The highest BCUT2D eigenvalue weighted by atomic mass is 35.5. The van der Waals surface area contributed by atoms with Crippen LogP contribution in [-0.4, -0.2) is 24.8 Å². The largest absolute Gasteiger partial charge is 0.468 e. The summed E-state index contributed by atoms with van der Waals surface area (Å²) in [5, 5.41) is 9.80. The molecule has 1 saturated carbocycles. The Kier molecular flexibility index (Phi) is 2.91. The molecule has 4 heteroatoms. The van der Waals surface area contributed by atoms with E-state index < -0.39 is 5.41 Å². The number of ether oxygens (including phenoxy) is 1. The lowest BCUT2D eigenvalue weighted by Crippen LogP contribution is -2.25. The van der Waals surface area contributed by atoms with Gasteiger partial charge in [0, 0.05) is 17.5 Å². The first-order valence-electron chi connectivity index (χ1n) is 5.10. The van der Waals surface area contributed by atoms with Crippen molar-refractivity contribution in [2.45, 2.75) is 11.8 Å². The number of benzene rings is 1. The number of hydrogen-bond acceptors (Lipinski definition) is 3. The summed E-state index contributed by atoms with van der Waals surface area (Å²) in [5.74, 6) is -0.324. The molecule has 1 N–H and O–H groups in total. The number of hydrogen-bond donors (Lipinski definition) is 1. The van der Waals surface area contributed by atoms with Gasteiger partial charge in [-0.25, -0.2) is 0 Å². The first-order valence-corrected chi connectivity index (χ1v) is 5.48. The number of methoxy groups -OCH3 is 1. The van der Waals surface area contributed by atoms with Gasteiger partial charge in [0.25, 0.3) is 0 Å². The van der Waals surface area contributed by atoms with Crippen molar-refractivity contribution in [2.75, 3.05) is 13.7 Å². The van der Waals surface area contributed by atoms with Crippen LogP contribution < -0.4 is 0 Å². The van der Waals surface area contributed by atoms with Crippen LogP contribution in [0.2, 0.25) is 5.02 Å². The zero-order valence-electron chi connectivity index (χ0n) is 8.94. The molecule has 1 aliphatic rings. The van der Waals surface area contributed by atoms with Crippen molar-refractivity contribution in [3.05, 3.63) is 34.9 Å². The highest BCUT2D eigenvalue weighted by Crippen LogP contribution is 2.54. The van der Waals surface area contributed by atoms with E-state index >= 15 is 0 Å². The van der Waals surface area contributed by atoms with Crippen molar-refractivity contribution < 1.29 is 14.6 Å². The molecule has 0 radical (unpaired) electrons. The summed E-state index contributed by atoms with van der Waals surface area (Å²) in [5.41, 5.74) is 0.205. The van der Waals surface area contributed by atoms with Crippen LogP contribution >= 0.6 is 11.6 Å². The Labute approximate surface area is 99.0 Å². The lowest BCUT2D eigenvalue weighted by Gasteiger charge is -2.14. The van der Waals surface area contributed by atoms with Crippen LogP contribution in [0.3, 0.4) is 0 Å². The van der Waals surface area contributed by atoms with Crippen LogP contribution in [-0.2, 0) is 14.9 Å². The maximum absolute atomic E-state index is 11.8. The number of rotatable bonds is 3. The zero-order valence-corrected chi connectivity index (χ0v) is 9.70. The molecule has 1 aliphatic carbocycles. The van der Waals surface area contributed by atoms with Crippen molar-refractivity contribution >= 4 is 17.6 Å². The van der Waals surface area contributed by atoms with E-state index in [1.165, 1.54) is 7.11 Å². The Hall–Kier alpha value is -1.06. The predicted octanol–water partition coefficient (Wildman–Crippen LogP) is 1.76. The second kappa shape index (κ2) is 4.07. The molecule has 0 spiro atoms. The minimum absolute atomic E-state index is 0.00226. The third-order valence-corrected chi connectivity index (χ3v) is 3.49. The van der Waals surface area contributed by atoms with E-state index in [1.54, 1.807) is 12.1 Å². The van der Waals surface area contributed by atoms with Crippen LogP contribution in [0.5, 0.6) is 0 Å².